The predicted octanol–water partition coefficient (Wildman–Crippen LogP) is -1.66. The molecule has 1 heterocycles. The molecule has 1 rings (SSSR count). The van der Waals surface area contributed by atoms with E-state index in [1.54, 1.807) is 0 Å². The molecule has 112 valence electrons. The molecule has 0 amide bonds. The van der Waals surface area contributed by atoms with Crippen LogP contribution >= 0.6 is 0 Å². The summed E-state index contributed by atoms with van der Waals surface area (Å²) in [5, 5.41) is 42.7. The van der Waals surface area contributed by atoms with Gasteiger partial charge >= 0.3 is 11.9 Å². The lowest BCUT2D eigenvalue weighted by molar-refractivity contribution is -0.165. The molecule has 9 heteroatoms. The summed E-state index contributed by atoms with van der Waals surface area (Å²) in [4.78, 5) is 27.9. The van der Waals surface area contributed by atoms with Crippen LogP contribution in [0.5, 0.6) is 0 Å². The number of hydrogen-bond donors (Lipinski definition) is 6. The van der Waals surface area contributed by atoms with E-state index < -0.39 is 24.1 Å². The van der Waals surface area contributed by atoms with Gasteiger partial charge in [0.1, 0.15) is 0 Å². The zero-order valence-corrected chi connectivity index (χ0v) is 10.2. The van der Waals surface area contributed by atoms with Crippen molar-refractivity contribution in [2.45, 2.75) is 31.5 Å². The van der Waals surface area contributed by atoms with Crippen LogP contribution in [0.25, 0.3) is 0 Å². The third kappa shape index (κ3) is 12.5. The smallest absolute Gasteiger partial charge is 0.335 e. The van der Waals surface area contributed by atoms with E-state index in [9.17, 15) is 9.59 Å². The molecular weight excluding hydrogens is 262 g/mol. The van der Waals surface area contributed by atoms with Gasteiger partial charge in [-0.05, 0) is 25.9 Å². The van der Waals surface area contributed by atoms with Crippen LogP contribution in [-0.2, 0) is 14.4 Å². The molecule has 0 bridgehead atoms. The number of rotatable bonds is 3. The number of carbonyl (C=O) groups is 3. The SMILES string of the molecule is C1CCNCC1.O=C(O)C(O)C(O)C(=O)O.O=CO. The van der Waals surface area contributed by atoms with Crippen LogP contribution in [0.15, 0.2) is 0 Å². The predicted molar refractivity (Wildman–Crippen MR) is 62.7 cm³/mol. The van der Waals surface area contributed by atoms with E-state index in [-0.39, 0.29) is 6.47 Å². The summed E-state index contributed by atoms with van der Waals surface area (Å²) >= 11 is 0. The zero-order valence-electron chi connectivity index (χ0n) is 10.2. The Morgan fingerprint density at radius 2 is 1.26 bits per heavy atom. The van der Waals surface area contributed by atoms with Crippen LogP contribution in [0.1, 0.15) is 19.3 Å². The van der Waals surface area contributed by atoms with Gasteiger partial charge in [-0.2, -0.15) is 0 Å². The molecule has 0 radical (unpaired) electrons. The molecule has 0 aromatic rings. The first-order valence-electron chi connectivity index (χ1n) is 5.48. The monoisotopic (exact) mass is 281 g/mol. The van der Waals surface area contributed by atoms with Gasteiger partial charge in [-0.25, -0.2) is 9.59 Å². The largest absolute Gasteiger partial charge is 0.483 e. The fraction of sp³-hybridized carbons (Fsp3) is 0.700. The number of piperidine rings is 1. The van der Waals surface area contributed by atoms with Gasteiger partial charge in [0.15, 0.2) is 12.2 Å². The fourth-order valence-electron chi connectivity index (χ4n) is 1.07. The van der Waals surface area contributed by atoms with E-state index in [1.165, 1.54) is 32.4 Å². The van der Waals surface area contributed by atoms with Crippen molar-refractivity contribution in [1.82, 2.24) is 5.32 Å². The van der Waals surface area contributed by atoms with Crippen molar-refractivity contribution in [1.29, 1.82) is 0 Å². The van der Waals surface area contributed by atoms with E-state index in [1.807, 2.05) is 0 Å². The number of aliphatic carboxylic acids is 2. The van der Waals surface area contributed by atoms with Crippen LogP contribution < -0.4 is 5.32 Å². The number of carboxylic acid groups (broad SMARTS) is 3. The van der Waals surface area contributed by atoms with E-state index in [0.717, 1.165) is 0 Å². The van der Waals surface area contributed by atoms with E-state index in [0.29, 0.717) is 0 Å². The Balaban J connectivity index is 0. The molecule has 1 aliphatic rings. The van der Waals surface area contributed by atoms with Crippen molar-refractivity contribution in [2.75, 3.05) is 13.1 Å². The Labute approximate surface area is 109 Å². The standard InChI is InChI=1S/C5H11N.C4H6O6.CH2O2/c1-2-4-6-5-3-1;5-1(3(7)8)2(6)4(9)10;2-1-3/h6H,1-5H2;1-2,5-6H,(H,7,8)(H,9,10);1H,(H,2,3). The molecule has 1 saturated heterocycles. The van der Waals surface area contributed by atoms with Crippen LogP contribution in [0.2, 0.25) is 0 Å². The average Bonchev–Trinajstić information content (AvgIpc) is 2.40. The quantitative estimate of drug-likeness (QED) is 0.332. The second-order valence-corrected chi connectivity index (χ2v) is 3.48. The molecule has 19 heavy (non-hydrogen) atoms. The normalized spacial score (nSPS) is 16.5. The summed E-state index contributed by atoms with van der Waals surface area (Å²) in [5.41, 5.74) is 0. The highest BCUT2D eigenvalue weighted by atomic mass is 16.4. The van der Waals surface area contributed by atoms with Gasteiger partial charge in [-0.15, -0.1) is 0 Å². The van der Waals surface area contributed by atoms with E-state index in [2.05, 4.69) is 5.32 Å². The van der Waals surface area contributed by atoms with Gasteiger partial charge in [0.2, 0.25) is 0 Å². The van der Waals surface area contributed by atoms with Crippen LogP contribution in [0.3, 0.4) is 0 Å². The Bertz CT molecular complexity index is 237. The zero-order chi connectivity index (χ0) is 15.3. The number of aliphatic hydroxyl groups is 2. The van der Waals surface area contributed by atoms with Crippen molar-refractivity contribution >= 4 is 18.4 Å². The molecule has 0 aromatic carbocycles. The third-order valence-corrected chi connectivity index (χ3v) is 2.01. The van der Waals surface area contributed by atoms with Gasteiger partial charge in [0.05, 0.1) is 0 Å². The Kier molecular flexibility index (Phi) is 13.2. The number of aliphatic hydroxyl groups excluding tert-OH is 2. The van der Waals surface area contributed by atoms with Gasteiger partial charge in [-0.1, -0.05) is 6.42 Å². The van der Waals surface area contributed by atoms with Crippen LogP contribution in [0, 0.1) is 0 Å². The van der Waals surface area contributed by atoms with Crippen molar-refractivity contribution in [3.8, 4) is 0 Å². The lowest BCUT2D eigenvalue weighted by Gasteiger charge is -2.08. The van der Waals surface area contributed by atoms with E-state index in [4.69, 9.17) is 30.3 Å². The summed E-state index contributed by atoms with van der Waals surface area (Å²) in [5.74, 6) is -3.54. The summed E-state index contributed by atoms with van der Waals surface area (Å²) < 4.78 is 0. The third-order valence-electron chi connectivity index (χ3n) is 2.01. The molecule has 2 unspecified atom stereocenters. The highest BCUT2D eigenvalue weighted by Crippen LogP contribution is 1.96. The number of hydrogen-bond acceptors (Lipinski definition) is 6. The summed E-state index contributed by atoms with van der Waals surface area (Å²) in [6, 6.07) is 0. The highest BCUT2D eigenvalue weighted by Gasteiger charge is 2.29. The molecule has 0 spiro atoms. The Hall–Kier alpha value is -1.71. The first-order chi connectivity index (χ1) is 8.88. The van der Waals surface area contributed by atoms with Gasteiger partial charge in [-0.3, -0.25) is 4.79 Å². The van der Waals surface area contributed by atoms with E-state index >= 15 is 0 Å². The maximum atomic E-state index is 9.77. The topological polar surface area (TPSA) is 164 Å². The van der Waals surface area contributed by atoms with Crippen molar-refractivity contribution in [2.24, 2.45) is 0 Å². The van der Waals surface area contributed by atoms with Gasteiger partial charge in [0.25, 0.3) is 6.47 Å². The Morgan fingerprint density at radius 3 is 1.37 bits per heavy atom. The molecule has 1 fully saturated rings. The summed E-state index contributed by atoms with van der Waals surface area (Å²) in [6.07, 6.45) is -0.317. The second kappa shape index (κ2) is 12.7. The number of nitrogens with one attached hydrogen (secondary N) is 1. The molecule has 0 aromatic heterocycles. The van der Waals surface area contributed by atoms with Crippen molar-refractivity contribution < 1.29 is 39.9 Å². The highest BCUT2D eigenvalue weighted by molar-refractivity contribution is 5.83. The van der Waals surface area contributed by atoms with Gasteiger partial charge in [0, 0.05) is 0 Å². The van der Waals surface area contributed by atoms with Crippen molar-refractivity contribution in [3.63, 3.8) is 0 Å². The lowest BCUT2D eigenvalue weighted by Crippen LogP contribution is -2.39. The minimum Gasteiger partial charge on any atom is -0.483 e. The molecular formula is C10H19NO8. The van der Waals surface area contributed by atoms with Crippen LogP contribution in [0.4, 0.5) is 0 Å². The number of carboxylic acids is 2. The molecule has 2 atom stereocenters. The minimum atomic E-state index is -2.27. The minimum absolute atomic E-state index is 0.250. The molecule has 9 nitrogen and oxygen atoms in total. The van der Waals surface area contributed by atoms with Crippen molar-refractivity contribution in [3.05, 3.63) is 0 Å². The lowest BCUT2D eigenvalue weighted by atomic mass is 10.2. The first-order valence-corrected chi connectivity index (χ1v) is 5.48. The summed E-state index contributed by atoms with van der Waals surface area (Å²) in [6.45, 7) is 2.25. The molecule has 6 N–H and O–H groups in total. The summed E-state index contributed by atoms with van der Waals surface area (Å²) in [7, 11) is 0. The fourth-order valence-corrected chi connectivity index (χ4v) is 1.07. The maximum Gasteiger partial charge on any atom is 0.335 e. The maximum absolute atomic E-state index is 9.77. The first kappa shape index (κ1) is 19.6. The van der Waals surface area contributed by atoms with Crippen LogP contribution in [-0.4, -0.2) is 69.2 Å². The molecule has 0 aliphatic carbocycles. The van der Waals surface area contributed by atoms with Gasteiger partial charge < -0.3 is 30.8 Å². The molecule has 0 saturated carbocycles. The molecule has 1 aliphatic heterocycles. The second-order valence-electron chi connectivity index (χ2n) is 3.48. The average molecular weight is 281 g/mol. The Morgan fingerprint density at radius 1 is 0.947 bits per heavy atom.